The second-order valence-corrected chi connectivity index (χ2v) is 5.64. The van der Waals surface area contributed by atoms with Crippen LogP contribution in [0.4, 0.5) is 0 Å². The molecular formula is C18H18. The first-order valence-corrected chi connectivity index (χ1v) is 7.16. The monoisotopic (exact) mass is 234 g/mol. The van der Waals surface area contributed by atoms with Crippen molar-refractivity contribution >= 4 is 22.9 Å². The van der Waals surface area contributed by atoms with Gasteiger partial charge in [-0.2, -0.15) is 0 Å². The molecule has 2 aromatic carbocycles. The normalized spacial score (nSPS) is 17.6. The Kier molecular flexibility index (Phi) is 2.29. The predicted octanol–water partition coefficient (Wildman–Crippen LogP) is 3.07. The second kappa shape index (κ2) is 3.98. The lowest BCUT2D eigenvalue weighted by molar-refractivity contribution is 0.687. The maximum Gasteiger partial charge on any atom is -0.0175 e. The Hall–Kier alpha value is -1.56. The minimum atomic E-state index is 1.20. The second-order valence-electron chi connectivity index (χ2n) is 5.64. The molecule has 0 fully saturated rings. The summed E-state index contributed by atoms with van der Waals surface area (Å²) in [5, 5.41) is 5.73. The molecular weight excluding hydrogens is 216 g/mol. The zero-order valence-electron chi connectivity index (χ0n) is 10.7. The largest absolute Gasteiger partial charge is 0.0763 e. The first-order valence-electron chi connectivity index (χ1n) is 7.16. The summed E-state index contributed by atoms with van der Waals surface area (Å²) in [6.07, 6.45) is 12.4. The molecule has 0 aromatic heterocycles. The summed E-state index contributed by atoms with van der Waals surface area (Å²) >= 11 is 0. The van der Waals surface area contributed by atoms with E-state index in [4.69, 9.17) is 0 Å². The van der Waals surface area contributed by atoms with Crippen molar-refractivity contribution in [1.82, 2.24) is 0 Å². The van der Waals surface area contributed by atoms with Crippen molar-refractivity contribution < 1.29 is 0 Å². The molecule has 0 nitrogen and oxygen atoms in total. The van der Waals surface area contributed by atoms with Crippen LogP contribution in [0, 0.1) is 0 Å². The Morgan fingerprint density at radius 1 is 0.611 bits per heavy atom. The van der Waals surface area contributed by atoms with E-state index in [1.807, 2.05) is 0 Å². The maximum absolute atomic E-state index is 2.44. The zero-order chi connectivity index (χ0) is 11.9. The molecule has 18 heavy (non-hydrogen) atoms. The van der Waals surface area contributed by atoms with Crippen LogP contribution in [0.1, 0.15) is 36.8 Å². The Balaban J connectivity index is 2.05. The maximum atomic E-state index is 2.44. The molecule has 0 saturated heterocycles. The fourth-order valence-corrected chi connectivity index (χ4v) is 3.41. The van der Waals surface area contributed by atoms with Gasteiger partial charge in [0.15, 0.2) is 0 Å². The molecule has 90 valence electrons. The third kappa shape index (κ3) is 1.59. The van der Waals surface area contributed by atoms with Crippen LogP contribution < -0.4 is 10.4 Å². The van der Waals surface area contributed by atoms with Gasteiger partial charge in [-0.15, -0.1) is 0 Å². The van der Waals surface area contributed by atoms with Crippen molar-refractivity contribution in [2.45, 2.75) is 38.5 Å². The number of benzene rings is 2. The Labute approximate surface area is 108 Å². The van der Waals surface area contributed by atoms with Crippen molar-refractivity contribution in [3.05, 3.63) is 45.8 Å². The lowest BCUT2D eigenvalue weighted by Gasteiger charge is -2.16. The van der Waals surface area contributed by atoms with Gasteiger partial charge in [0.05, 0.1) is 0 Å². The van der Waals surface area contributed by atoms with Crippen LogP contribution in [-0.4, -0.2) is 0 Å². The molecule has 0 N–H and O–H groups in total. The quantitative estimate of drug-likeness (QED) is 0.657. The summed E-state index contributed by atoms with van der Waals surface area (Å²) in [5.74, 6) is 0. The van der Waals surface area contributed by atoms with Crippen LogP contribution in [-0.2, 0) is 12.8 Å². The number of hydrogen-bond donors (Lipinski definition) is 0. The molecule has 0 radical (unpaired) electrons. The van der Waals surface area contributed by atoms with Crippen molar-refractivity contribution in [1.29, 1.82) is 0 Å². The SMILES string of the molecule is C1=c2cc3cc4c(cc3cc2=CCC1)CCCC4. The first-order chi connectivity index (χ1) is 8.90. The van der Waals surface area contributed by atoms with Gasteiger partial charge >= 0.3 is 0 Å². The van der Waals surface area contributed by atoms with Crippen LogP contribution in [0.3, 0.4) is 0 Å². The van der Waals surface area contributed by atoms with Crippen LogP contribution in [0.2, 0.25) is 0 Å². The van der Waals surface area contributed by atoms with Gasteiger partial charge in [0.1, 0.15) is 0 Å². The standard InChI is InChI=1S/C18H18/c1-2-6-14-10-18-12-16-8-4-3-7-15(16)11-17(18)9-13(14)5-1/h5-6,9-12H,1-4,7-8H2. The van der Waals surface area contributed by atoms with Crippen LogP contribution in [0.5, 0.6) is 0 Å². The number of hydrogen-bond acceptors (Lipinski definition) is 0. The van der Waals surface area contributed by atoms with Gasteiger partial charge in [0.2, 0.25) is 0 Å². The highest BCUT2D eigenvalue weighted by Gasteiger charge is 2.10. The smallest absolute Gasteiger partial charge is 0.0175 e. The highest BCUT2D eigenvalue weighted by atomic mass is 14.1. The van der Waals surface area contributed by atoms with E-state index in [0.29, 0.717) is 0 Å². The molecule has 0 spiro atoms. The molecule has 0 atom stereocenters. The highest BCUT2D eigenvalue weighted by molar-refractivity contribution is 5.85. The minimum absolute atomic E-state index is 1.20. The first kappa shape index (κ1) is 10.4. The number of aryl methyl sites for hydroxylation is 2. The third-order valence-corrected chi connectivity index (χ3v) is 4.40. The average molecular weight is 234 g/mol. The Morgan fingerprint density at radius 3 is 1.61 bits per heavy atom. The number of fused-ring (bicyclic) bond motifs is 3. The molecule has 0 bridgehead atoms. The average Bonchev–Trinajstić information content (AvgIpc) is 2.42. The van der Waals surface area contributed by atoms with E-state index in [2.05, 4.69) is 36.4 Å². The van der Waals surface area contributed by atoms with Gasteiger partial charge in [-0.05, 0) is 83.0 Å². The molecule has 0 amide bonds. The summed E-state index contributed by atoms with van der Waals surface area (Å²) in [7, 11) is 0. The minimum Gasteiger partial charge on any atom is -0.0763 e. The van der Waals surface area contributed by atoms with E-state index in [1.165, 1.54) is 59.7 Å². The molecule has 0 heteroatoms. The molecule has 0 aliphatic heterocycles. The van der Waals surface area contributed by atoms with Crippen molar-refractivity contribution in [2.24, 2.45) is 0 Å². The summed E-state index contributed by atoms with van der Waals surface area (Å²) in [4.78, 5) is 0. The van der Waals surface area contributed by atoms with Crippen molar-refractivity contribution in [2.75, 3.05) is 0 Å². The van der Waals surface area contributed by atoms with Gasteiger partial charge in [-0.1, -0.05) is 24.3 Å². The molecule has 2 aliphatic carbocycles. The van der Waals surface area contributed by atoms with Gasteiger partial charge in [0, 0.05) is 0 Å². The van der Waals surface area contributed by atoms with Gasteiger partial charge < -0.3 is 0 Å². The summed E-state index contributed by atoms with van der Waals surface area (Å²) in [6.45, 7) is 0. The van der Waals surface area contributed by atoms with Gasteiger partial charge in [0.25, 0.3) is 0 Å². The van der Waals surface area contributed by atoms with Gasteiger partial charge in [-0.25, -0.2) is 0 Å². The summed E-state index contributed by atoms with van der Waals surface area (Å²) in [5.41, 5.74) is 3.18. The van der Waals surface area contributed by atoms with Crippen molar-refractivity contribution in [3.8, 4) is 0 Å². The van der Waals surface area contributed by atoms with E-state index in [1.54, 1.807) is 11.1 Å². The Morgan fingerprint density at radius 2 is 1.11 bits per heavy atom. The summed E-state index contributed by atoms with van der Waals surface area (Å²) < 4.78 is 0. The van der Waals surface area contributed by atoms with Crippen LogP contribution >= 0.6 is 0 Å². The van der Waals surface area contributed by atoms with Crippen LogP contribution in [0.15, 0.2) is 24.3 Å². The van der Waals surface area contributed by atoms with E-state index < -0.39 is 0 Å². The highest BCUT2D eigenvalue weighted by Crippen LogP contribution is 2.25. The zero-order valence-corrected chi connectivity index (χ0v) is 10.7. The number of rotatable bonds is 0. The topological polar surface area (TPSA) is 0 Å². The van der Waals surface area contributed by atoms with E-state index in [9.17, 15) is 0 Å². The van der Waals surface area contributed by atoms with Crippen molar-refractivity contribution in [3.63, 3.8) is 0 Å². The molecule has 0 heterocycles. The fourth-order valence-electron chi connectivity index (χ4n) is 3.41. The molecule has 4 rings (SSSR count). The van der Waals surface area contributed by atoms with E-state index in [-0.39, 0.29) is 0 Å². The lowest BCUT2D eigenvalue weighted by atomic mass is 9.89. The van der Waals surface area contributed by atoms with E-state index >= 15 is 0 Å². The molecule has 2 aromatic rings. The van der Waals surface area contributed by atoms with Crippen LogP contribution in [0.25, 0.3) is 22.9 Å². The predicted molar refractivity (Wildman–Crippen MR) is 78.0 cm³/mol. The molecule has 0 unspecified atom stereocenters. The van der Waals surface area contributed by atoms with E-state index in [0.717, 1.165) is 0 Å². The Bertz CT molecular complexity index is 670. The third-order valence-electron chi connectivity index (χ3n) is 4.40. The summed E-state index contributed by atoms with van der Waals surface area (Å²) in [6, 6.07) is 9.64. The molecule has 0 saturated carbocycles. The molecule has 2 aliphatic rings. The van der Waals surface area contributed by atoms with Gasteiger partial charge in [-0.3, -0.25) is 0 Å². The lowest BCUT2D eigenvalue weighted by Crippen LogP contribution is -2.26. The fraction of sp³-hybridized carbons (Fsp3) is 0.333.